The molecule has 0 spiro atoms. The van der Waals surface area contributed by atoms with Crippen LogP contribution in [0, 0.1) is 11.6 Å². The van der Waals surface area contributed by atoms with Crippen LogP contribution in [0.5, 0.6) is 0 Å². The predicted molar refractivity (Wildman–Crippen MR) is 69.7 cm³/mol. The third-order valence-corrected chi connectivity index (χ3v) is 3.48. The lowest BCUT2D eigenvalue weighted by Gasteiger charge is -2.04. The summed E-state index contributed by atoms with van der Waals surface area (Å²) in [5, 5.41) is 0. The normalized spacial score (nSPS) is 10.6. The Kier molecular flexibility index (Phi) is 4.33. The lowest BCUT2D eigenvalue weighted by Crippen LogP contribution is -2.02. The highest BCUT2D eigenvalue weighted by molar-refractivity contribution is 7.99. The van der Waals surface area contributed by atoms with Crippen molar-refractivity contribution in [2.75, 3.05) is 6.54 Å². The topological polar surface area (TPSA) is 26.0 Å². The van der Waals surface area contributed by atoms with Gasteiger partial charge in [-0.05, 0) is 48.9 Å². The van der Waals surface area contributed by atoms with Crippen molar-refractivity contribution in [2.24, 2.45) is 5.73 Å². The van der Waals surface area contributed by atoms with Crippen molar-refractivity contribution in [3.8, 4) is 0 Å². The molecule has 0 aliphatic rings. The molecule has 0 unspecified atom stereocenters. The minimum atomic E-state index is -0.822. The second kappa shape index (κ2) is 5.98. The number of hydrogen-bond donors (Lipinski definition) is 1. The molecule has 0 fully saturated rings. The summed E-state index contributed by atoms with van der Waals surface area (Å²) in [4.78, 5) is 1.67. The molecular weight excluding hydrogens is 252 g/mol. The minimum Gasteiger partial charge on any atom is -0.330 e. The van der Waals surface area contributed by atoms with Crippen LogP contribution in [-0.2, 0) is 6.42 Å². The van der Waals surface area contributed by atoms with Crippen molar-refractivity contribution in [2.45, 2.75) is 16.2 Å². The van der Waals surface area contributed by atoms with E-state index in [1.165, 1.54) is 23.4 Å². The Morgan fingerprint density at radius 2 is 1.56 bits per heavy atom. The maximum atomic E-state index is 13.0. The third kappa shape index (κ3) is 3.31. The highest BCUT2D eigenvalue weighted by Gasteiger charge is 2.04. The van der Waals surface area contributed by atoms with E-state index < -0.39 is 11.6 Å². The van der Waals surface area contributed by atoms with Crippen LogP contribution in [0.25, 0.3) is 0 Å². The Morgan fingerprint density at radius 3 is 2.17 bits per heavy atom. The number of nitrogens with two attached hydrogens (primary N) is 1. The van der Waals surface area contributed by atoms with Gasteiger partial charge in [-0.2, -0.15) is 0 Å². The summed E-state index contributed by atoms with van der Waals surface area (Å²) in [6.07, 6.45) is 0.843. The summed E-state index contributed by atoms with van der Waals surface area (Å²) in [5.74, 6) is -1.64. The second-order valence-electron chi connectivity index (χ2n) is 3.86. The predicted octanol–water partition coefficient (Wildman–Crippen LogP) is 3.62. The zero-order valence-corrected chi connectivity index (χ0v) is 10.5. The molecule has 2 rings (SSSR count). The van der Waals surface area contributed by atoms with Crippen molar-refractivity contribution in [1.29, 1.82) is 0 Å². The van der Waals surface area contributed by atoms with E-state index in [0.29, 0.717) is 11.4 Å². The van der Waals surface area contributed by atoms with E-state index >= 15 is 0 Å². The Bertz CT molecular complexity index is 526. The highest BCUT2D eigenvalue weighted by Crippen LogP contribution is 2.28. The van der Waals surface area contributed by atoms with Crippen LogP contribution in [-0.4, -0.2) is 6.54 Å². The van der Waals surface area contributed by atoms with E-state index in [0.717, 1.165) is 17.4 Å². The maximum Gasteiger partial charge on any atom is 0.159 e. The number of benzene rings is 2. The first-order valence-corrected chi connectivity index (χ1v) is 6.42. The molecule has 0 bridgehead atoms. The molecule has 0 amide bonds. The van der Waals surface area contributed by atoms with Gasteiger partial charge < -0.3 is 5.73 Å². The summed E-state index contributed by atoms with van der Waals surface area (Å²) in [6.45, 7) is 0.621. The van der Waals surface area contributed by atoms with Crippen molar-refractivity contribution in [1.82, 2.24) is 0 Å². The monoisotopic (exact) mass is 265 g/mol. The van der Waals surface area contributed by atoms with Gasteiger partial charge in [0, 0.05) is 9.79 Å². The van der Waals surface area contributed by atoms with Crippen LogP contribution < -0.4 is 5.73 Å². The van der Waals surface area contributed by atoms with Crippen molar-refractivity contribution in [3.63, 3.8) is 0 Å². The highest BCUT2D eigenvalue weighted by atomic mass is 32.2. The van der Waals surface area contributed by atoms with Gasteiger partial charge in [-0.3, -0.25) is 0 Å². The first kappa shape index (κ1) is 13.1. The molecule has 0 heterocycles. The molecular formula is C14H13F2NS. The van der Waals surface area contributed by atoms with Crippen LogP contribution in [0.1, 0.15) is 5.56 Å². The fourth-order valence-electron chi connectivity index (χ4n) is 1.57. The minimum absolute atomic E-state index is 0.621. The third-order valence-electron chi connectivity index (χ3n) is 2.48. The van der Waals surface area contributed by atoms with Gasteiger partial charge in [-0.15, -0.1) is 0 Å². The summed E-state index contributed by atoms with van der Waals surface area (Å²) in [7, 11) is 0. The van der Waals surface area contributed by atoms with E-state index in [2.05, 4.69) is 0 Å². The van der Waals surface area contributed by atoms with Gasteiger partial charge in [-0.1, -0.05) is 23.9 Å². The Labute approximate surface area is 109 Å². The Hall–Kier alpha value is -1.39. The van der Waals surface area contributed by atoms with E-state index in [-0.39, 0.29) is 0 Å². The molecule has 0 radical (unpaired) electrons. The number of halogens is 2. The van der Waals surface area contributed by atoms with E-state index in [1.807, 2.05) is 24.3 Å². The van der Waals surface area contributed by atoms with Crippen molar-refractivity contribution >= 4 is 11.8 Å². The molecule has 2 aromatic rings. The fourth-order valence-corrected chi connectivity index (χ4v) is 2.41. The lowest BCUT2D eigenvalue weighted by molar-refractivity contribution is 0.506. The summed E-state index contributed by atoms with van der Waals surface area (Å²) in [5.41, 5.74) is 6.64. The molecule has 94 valence electrons. The molecule has 2 N–H and O–H groups in total. The lowest BCUT2D eigenvalue weighted by atomic mass is 10.2. The van der Waals surface area contributed by atoms with Gasteiger partial charge in [0.25, 0.3) is 0 Å². The van der Waals surface area contributed by atoms with Crippen LogP contribution in [0.4, 0.5) is 8.78 Å². The molecule has 0 saturated carbocycles. The SMILES string of the molecule is NCCc1ccc(Sc2ccc(F)c(F)c2)cc1. The van der Waals surface area contributed by atoms with Crippen LogP contribution in [0.2, 0.25) is 0 Å². The van der Waals surface area contributed by atoms with E-state index in [9.17, 15) is 8.78 Å². The molecule has 0 aliphatic carbocycles. The van der Waals surface area contributed by atoms with Gasteiger partial charge >= 0.3 is 0 Å². The quantitative estimate of drug-likeness (QED) is 0.913. The molecule has 0 aromatic heterocycles. The average Bonchev–Trinajstić information content (AvgIpc) is 2.37. The zero-order chi connectivity index (χ0) is 13.0. The van der Waals surface area contributed by atoms with Crippen LogP contribution in [0.3, 0.4) is 0 Å². The molecule has 18 heavy (non-hydrogen) atoms. The van der Waals surface area contributed by atoms with Gasteiger partial charge in [0.05, 0.1) is 0 Å². The van der Waals surface area contributed by atoms with Crippen molar-refractivity contribution < 1.29 is 8.78 Å². The molecule has 4 heteroatoms. The molecule has 0 saturated heterocycles. The average molecular weight is 265 g/mol. The van der Waals surface area contributed by atoms with Crippen LogP contribution in [0.15, 0.2) is 52.3 Å². The molecule has 1 nitrogen and oxygen atoms in total. The van der Waals surface area contributed by atoms with Crippen LogP contribution >= 0.6 is 11.8 Å². The zero-order valence-electron chi connectivity index (χ0n) is 9.70. The largest absolute Gasteiger partial charge is 0.330 e. The Balaban J connectivity index is 2.10. The number of rotatable bonds is 4. The summed E-state index contributed by atoms with van der Waals surface area (Å²) in [6, 6.07) is 11.8. The van der Waals surface area contributed by atoms with E-state index in [1.54, 1.807) is 6.07 Å². The van der Waals surface area contributed by atoms with Gasteiger partial charge in [0.2, 0.25) is 0 Å². The molecule has 2 aromatic carbocycles. The molecule has 0 atom stereocenters. The number of hydrogen-bond acceptors (Lipinski definition) is 2. The first-order valence-electron chi connectivity index (χ1n) is 5.61. The second-order valence-corrected chi connectivity index (χ2v) is 5.01. The molecule has 0 aliphatic heterocycles. The first-order chi connectivity index (χ1) is 8.69. The van der Waals surface area contributed by atoms with Crippen molar-refractivity contribution in [3.05, 3.63) is 59.7 Å². The van der Waals surface area contributed by atoms with Gasteiger partial charge in [0.1, 0.15) is 0 Å². The van der Waals surface area contributed by atoms with Gasteiger partial charge in [0.15, 0.2) is 11.6 Å². The van der Waals surface area contributed by atoms with E-state index in [4.69, 9.17) is 5.73 Å². The van der Waals surface area contributed by atoms with Gasteiger partial charge in [-0.25, -0.2) is 8.78 Å². The summed E-state index contributed by atoms with van der Waals surface area (Å²) < 4.78 is 25.8. The maximum absolute atomic E-state index is 13.0. The fraction of sp³-hybridized carbons (Fsp3) is 0.143. The smallest absolute Gasteiger partial charge is 0.159 e. The Morgan fingerprint density at radius 1 is 0.889 bits per heavy atom. The summed E-state index contributed by atoms with van der Waals surface area (Å²) >= 11 is 1.40. The standard InChI is InChI=1S/C14H13F2NS/c15-13-6-5-12(9-14(13)16)18-11-3-1-10(2-4-11)7-8-17/h1-6,9H,7-8,17H2.